The van der Waals surface area contributed by atoms with Gasteiger partial charge in [0.15, 0.2) is 0 Å². The maximum Gasteiger partial charge on any atom is 0.228 e. The van der Waals surface area contributed by atoms with Crippen LogP contribution >= 0.6 is 0 Å². The van der Waals surface area contributed by atoms with E-state index in [2.05, 4.69) is 31.6 Å². The third-order valence-electron chi connectivity index (χ3n) is 6.04. The quantitative estimate of drug-likeness (QED) is 0.683. The zero-order valence-electron chi connectivity index (χ0n) is 17.6. The third-order valence-corrected chi connectivity index (χ3v) is 6.04. The molecule has 2 amide bonds. The van der Waals surface area contributed by atoms with Crippen LogP contribution in [0.5, 0.6) is 0 Å². The minimum atomic E-state index is -0.168. The summed E-state index contributed by atoms with van der Waals surface area (Å²) in [4.78, 5) is 35.2. The van der Waals surface area contributed by atoms with E-state index < -0.39 is 0 Å². The van der Waals surface area contributed by atoms with Gasteiger partial charge in [-0.15, -0.1) is 0 Å². The van der Waals surface area contributed by atoms with Crippen LogP contribution in [0.2, 0.25) is 0 Å². The molecule has 0 radical (unpaired) electrons. The van der Waals surface area contributed by atoms with Crippen molar-refractivity contribution in [1.29, 1.82) is 5.26 Å². The van der Waals surface area contributed by atoms with Gasteiger partial charge in [0.1, 0.15) is 23.4 Å². The first-order chi connectivity index (χ1) is 14.9. The van der Waals surface area contributed by atoms with Crippen molar-refractivity contribution in [3.8, 4) is 6.07 Å². The zero-order chi connectivity index (χ0) is 22.0. The number of carbonyl (C=O) groups is 2. The van der Waals surface area contributed by atoms with Gasteiger partial charge >= 0.3 is 0 Å². The third kappa shape index (κ3) is 4.75. The summed E-state index contributed by atoms with van der Waals surface area (Å²) in [6.07, 6.45) is 5.74. The smallest absolute Gasteiger partial charge is 0.228 e. The number of amides is 2. The molecule has 3 atom stereocenters. The molecule has 3 heterocycles. The number of nitrogens with zero attached hydrogens (tertiary/aromatic N) is 4. The van der Waals surface area contributed by atoms with Crippen LogP contribution in [-0.2, 0) is 9.59 Å². The molecule has 31 heavy (non-hydrogen) atoms. The van der Waals surface area contributed by atoms with E-state index in [0.717, 1.165) is 43.0 Å². The fourth-order valence-electron chi connectivity index (χ4n) is 4.55. The summed E-state index contributed by atoms with van der Waals surface area (Å²) in [5.41, 5.74) is 6.39. The molecule has 1 aliphatic heterocycles. The SMILES string of the molecule is CC(=O)N[C@@H]1CCC[C@H](C(=O)Nc2cc3c(N4CC[C@@H](N)C4)nc(C#N)cc3cn2)C1. The summed E-state index contributed by atoms with van der Waals surface area (Å²) >= 11 is 0. The number of rotatable bonds is 4. The highest BCUT2D eigenvalue weighted by Gasteiger charge is 2.28. The van der Waals surface area contributed by atoms with Gasteiger partial charge < -0.3 is 21.3 Å². The first kappa shape index (κ1) is 21.0. The lowest BCUT2D eigenvalue weighted by atomic mass is 9.85. The van der Waals surface area contributed by atoms with E-state index in [1.807, 2.05) is 6.07 Å². The monoisotopic (exact) mass is 421 g/mol. The van der Waals surface area contributed by atoms with Gasteiger partial charge in [0.05, 0.1) is 0 Å². The Hall–Kier alpha value is -3.25. The highest BCUT2D eigenvalue weighted by Crippen LogP contribution is 2.30. The van der Waals surface area contributed by atoms with Crippen molar-refractivity contribution in [2.24, 2.45) is 11.7 Å². The van der Waals surface area contributed by atoms with E-state index in [4.69, 9.17) is 5.73 Å². The number of nitrogens with two attached hydrogens (primary N) is 1. The van der Waals surface area contributed by atoms with Gasteiger partial charge in [0.2, 0.25) is 11.8 Å². The molecule has 0 bridgehead atoms. The first-order valence-electron chi connectivity index (χ1n) is 10.7. The van der Waals surface area contributed by atoms with Gasteiger partial charge in [-0.05, 0) is 37.8 Å². The van der Waals surface area contributed by atoms with Crippen LogP contribution in [0.25, 0.3) is 10.8 Å². The van der Waals surface area contributed by atoms with Crippen LogP contribution in [0.4, 0.5) is 11.6 Å². The Morgan fingerprint density at radius 1 is 1.29 bits per heavy atom. The van der Waals surface area contributed by atoms with E-state index in [9.17, 15) is 14.9 Å². The molecule has 9 heteroatoms. The molecule has 0 unspecified atom stereocenters. The van der Waals surface area contributed by atoms with E-state index in [1.165, 1.54) is 6.92 Å². The molecule has 2 fully saturated rings. The predicted octanol–water partition coefficient (Wildman–Crippen LogP) is 1.67. The van der Waals surface area contributed by atoms with Gasteiger partial charge in [-0.3, -0.25) is 9.59 Å². The molecule has 1 saturated carbocycles. The van der Waals surface area contributed by atoms with E-state index in [-0.39, 0.29) is 29.8 Å². The fourth-order valence-corrected chi connectivity index (χ4v) is 4.55. The topological polar surface area (TPSA) is 137 Å². The Balaban J connectivity index is 1.56. The Kier molecular flexibility index (Phi) is 6.00. The normalized spacial score (nSPS) is 23.4. The molecule has 2 aromatic heterocycles. The molecule has 9 nitrogen and oxygen atoms in total. The summed E-state index contributed by atoms with van der Waals surface area (Å²) in [5.74, 6) is 0.825. The standard InChI is InChI=1S/C22H27N7O2/c1-13(30)26-17-4-2-3-14(7-17)22(31)28-20-9-19-15(11-25-20)8-18(10-23)27-21(19)29-6-5-16(24)12-29/h8-9,11,14,16-17H,2-7,12,24H2,1H3,(H,26,30)(H,25,28,31)/t14-,16+,17+/m0/s1. The fraction of sp³-hybridized carbons (Fsp3) is 0.500. The number of nitriles is 1. The predicted molar refractivity (Wildman–Crippen MR) is 117 cm³/mol. The van der Waals surface area contributed by atoms with E-state index in [0.29, 0.717) is 30.3 Å². The second kappa shape index (κ2) is 8.86. The number of pyridine rings is 2. The molecule has 4 rings (SSSR count). The number of fused-ring (bicyclic) bond motifs is 1. The van der Waals surface area contributed by atoms with Gasteiger partial charge in [0, 0.05) is 55.0 Å². The maximum absolute atomic E-state index is 12.9. The molecule has 4 N–H and O–H groups in total. The molecule has 1 saturated heterocycles. The van der Waals surface area contributed by atoms with Crippen molar-refractivity contribution in [2.45, 2.75) is 51.1 Å². The molecule has 0 spiro atoms. The van der Waals surface area contributed by atoms with Crippen molar-refractivity contribution in [3.63, 3.8) is 0 Å². The summed E-state index contributed by atoms with van der Waals surface area (Å²) in [7, 11) is 0. The minimum absolute atomic E-state index is 0.0335. The summed E-state index contributed by atoms with van der Waals surface area (Å²) in [6.45, 7) is 2.95. The van der Waals surface area contributed by atoms with Crippen LogP contribution < -0.4 is 21.3 Å². The van der Waals surface area contributed by atoms with Crippen molar-refractivity contribution >= 4 is 34.2 Å². The molecule has 2 aliphatic rings. The van der Waals surface area contributed by atoms with Gasteiger partial charge in [0.25, 0.3) is 0 Å². The van der Waals surface area contributed by atoms with Gasteiger partial charge in [-0.25, -0.2) is 9.97 Å². The van der Waals surface area contributed by atoms with Crippen molar-refractivity contribution < 1.29 is 9.59 Å². The zero-order valence-corrected chi connectivity index (χ0v) is 17.6. The number of hydrogen-bond acceptors (Lipinski definition) is 7. The Morgan fingerprint density at radius 3 is 2.84 bits per heavy atom. The van der Waals surface area contributed by atoms with Crippen LogP contribution in [0.15, 0.2) is 18.3 Å². The van der Waals surface area contributed by atoms with Crippen LogP contribution in [0.3, 0.4) is 0 Å². The van der Waals surface area contributed by atoms with E-state index >= 15 is 0 Å². The van der Waals surface area contributed by atoms with Crippen LogP contribution in [0.1, 0.15) is 44.7 Å². The second-order valence-corrected chi connectivity index (χ2v) is 8.48. The molecule has 0 aromatic carbocycles. The molecular formula is C22H27N7O2. The Labute approximate surface area is 181 Å². The highest BCUT2D eigenvalue weighted by atomic mass is 16.2. The second-order valence-electron chi connectivity index (χ2n) is 8.48. The average Bonchev–Trinajstić information content (AvgIpc) is 3.18. The lowest BCUT2D eigenvalue weighted by Gasteiger charge is -2.28. The summed E-state index contributed by atoms with van der Waals surface area (Å²) in [6, 6.07) is 5.73. The van der Waals surface area contributed by atoms with Crippen molar-refractivity contribution in [1.82, 2.24) is 15.3 Å². The number of aromatic nitrogens is 2. The van der Waals surface area contributed by atoms with Crippen molar-refractivity contribution in [2.75, 3.05) is 23.3 Å². The maximum atomic E-state index is 12.9. The largest absolute Gasteiger partial charge is 0.354 e. The molecule has 162 valence electrons. The van der Waals surface area contributed by atoms with Crippen LogP contribution in [-0.4, -0.2) is 47.0 Å². The molecule has 2 aromatic rings. The number of carbonyl (C=O) groups excluding carboxylic acids is 2. The number of hydrogen-bond donors (Lipinski definition) is 3. The lowest BCUT2D eigenvalue weighted by Crippen LogP contribution is -2.40. The lowest BCUT2D eigenvalue weighted by molar-refractivity contribution is -0.123. The van der Waals surface area contributed by atoms with Gasteiger partial charge in [-0.2, -0.15) is 5.26 Å². The Morgan fingerprint density at radius 2 is 2.13 bits per heavy atom. The number of anilines is 2. The summed E-state index contributed by atoms with van der Waals surface area (Å²) in [5, 5.41) is 16.8. The molecule has 1 aliphatic carbocycles. The van der Waals surface area contributed by atoms with Gasteiger partial charge in [-0.1, -0.05) is 6.42 Å². The van der Waals surface area contributed by atoms with Crippen LogP contribution in [0, 0.1) is 17.2 Å². The minimum Gasteiger partial charge on any atom is -0.354 e. The first-order valence-corrected chi connectivity index (χ1v) is 10.7. The Bertz CT molecular complexity index is 1050. The van der Waals surface area contributed by atoms with Crippen molar-refractivity contribution in [3.05, 3.63) is 24.0 Å². The summed E-state index contributed by atoms with van der Waals surface area (Å²) < 4.78 is 0. The number of nitrogens with one attached hydrogen (secondary N) is 2. The highest BCUT2D eigenvalue weighted by molar-refractivity contribution is 5.98. The average molecular weight is 422 g/mol. The molecular weight excluding hydrogens is 394 g/mol. The van der Waals surface area contributed by atoms with E-state index in [1.54, 1.807) is 12.3 Å².